The van der Waals surface area contributed by atoms with Gasteiger partial charge in [0.15, 0.2) is 0 Å². The van der Waals surface area contributed by atoms with E-state index in [9.17, 15) is 5.11 Å². The van der Waals surface area contributed by atoms with Crippen molar-refractivity contribution >= 4 is 16.6 Å². The van der Waals surface area contributed by atoms with Crippen molar-refractivity contribution in [1.29, 1.82) is 0 Å². The second kappa shape index (κ2) is 7.11. The maximum atomic E-state index is 9.97. The van der Waals surface area contributed by atoms with Crippen LogP contribution in [0.2, 0.25) is 0 Å². The van der Waals surface area contributed by atoms with Crippen LogP contribution in [0.3, 0.4) is 0 Å². The van der Waals surface area contributed by atoms with Crippen LogP contribution in [0.1, 0.15) is 5.56 Å². The van der Waals surface area contributed by atoms with Crippen molar-refractivity contribution in [1.82, 2.24) is 9.88 Å². The molecule has 0 saturated carbocycles. The number of piperazine rings is 1. The second-order valence-electron chi connectivity index (χ2n) is 6.56. The third-order valence-electron chi connectivity index (χ3n) is 5.03. The fraction of sp³-hybridized carbons (Fsp3) is 0.286. The van der Waals surface area contributed by atoms with Crippen molar-refractivity contribution < 1.29 is 5.11 Å². The number of phenolic OH excluding ortho intramolecular Hbond substituents is 1. The van der Waals surface area contributed by atoms with Crippen LogP contribution in [0.25, 0.3) is 10.9 Å². The molecule has 25 heavy (non-hydrogen) atoms. The second-order valence-corrected chi connectivity index (χ2v) is 6.56. The zero-order chi connectivity index (χ0) is 17.1. The van der Waals surface area contributed by atoms with Crippen molar-refractivity contribution in [3.63, 3.8) is 0 Å². The molecule has 2 heterocycles. The summed E-state index contributed by atoms with van der Waals surface area (Å²) < 4.78 is 0. The molecule has 0 radical (unpaired) electrons. The number of rotatable bonds is 4. The molecule has 0 bridgehead atoms. The summed E-state index contributed by atoms with van der Waals surface area (Å²) in [5.74, 6) is 0.260. The molecule has 1 fully saturated rings. The minimum absolute atomic E-state index is 0.260. The Kier molecular flexibility index (Phi) is 4.53. The number of fused-ring (bicyclic) bond motifs is 1. The number of para-hydroxylation sites is 1. The minimum Gasteiger partial charge on any atom is -0.506 e. The maximum absolute atomic E-state index is 9.97. The molecular weight excluding hydrogens is 310 g/mol. The van der Waals surface area contributed by atoms with Gasteiger partial charge in [-0.2, -0.15) is 0 Å². The molecule has 1 aromatic heterocycles. The average molecular weight is 333 g/mol. The molecule has 4 heteroatoms. The number of nitrogens with zero attached hydrogens (tertiary/aromatic N) is 3. The van der Waals surface area contributed by atoms with Gasteiger partial charge in [0.25, 0.3) is 0 Å². The highest BCUT2D eigenvalue weighted by Gasteiger charge is 2.17. The minimum atomic E-state index is 0.260. The lowest BCUT2D eigenvalue weighted by Gasteiger charge is -2.36. The van der Waals surface area contributed by atoms with E-state index in [2.05, 4.69) is 45.1 Å². The normalized spacial score (nSPS) is 15.6. The SMILES string of the molecule is Oc1ccc(CCN2CCN(c3ccccc3)CC2)c2cccnc12. The van der Waals surface area contributed by atoms with E-state index in [-0.39, 0.29) is 5.75 Å². The largest absolute Gasteiger partial charge is 0.506 e. The molecule has 0 aliphatic carbocycles. The molecule has 128 valence electrons. The molecule has 1 saturated heterocycles. The van der Waals surface area contributed by atoms with Crippen molar-refractivity contribution in [3.8, 4) is 5.75 Å². The number of aromatic nitrogens is 1. The van der Waals surface area contributed by atoms with E-state index < -0.39 is 0 Å². The van der Waals surface area contributed by atoms with E-state index in [1.54, 1.807) is 12.3 Å². The van der Waals surface area contributed by atoms with E-state index >= 15 is 0 Å². The molecule has 0 spiro atoms. The van der Waals surface area contributed by atoms with E-state index in [0.717, 1.165) is 44.5 Å². The highest BCUT2D eigenvalue weighted by atomic mass is 16.3. The van der Waals surface area contributed by atoms with Gasteiger partial charge in [0, 0.05) is 50.0 Å². The number of benzene rings is 2. The molecule has 0 atom stereocenters. The Hall–Kier alpha value is -2.59. The summed E-state index contributed by atoms with van der Waals surface area (Å²) in [6, 6.07) is 18.4. The van der Waals surface area contributed by atoms with Crippen LogP contribution >= 0.6 is 0 Å². The van der Waals surface area contributed by atoms with Gasteiger partial charge in [-0.05, 0) is 36.2 Å². The number of pyridine rings is 1. The van der Waals surface area contributed by atoms with E-state index in [4.69, 9.17) is 0 Å². The predicted molar refractivity (Wildman–Crippen MR) is 102 cm³/mol. The molecular formula is C21H23N3O. The van der Waals surface area contributed by atoms with Gasteiger partial charge in [-0.25, -0.2) is 0 Å². The van der Waals surface area contributed by atoms with Crippen LogP contribution in [0.4, 0.5) is 5.69 Å². The summed E-state index contributed by atoms with van der Waals surface area (Å²) in [5.41, 5.74) is 3.28. The monoisotopic (exact) mass is 333 g/mol. The zero-order valence-electron chi connectivity index (χ0n) is 14.3. The van der Waals surface area contributed by atoms with Crippen molar-refractivity contribution in [2.45, 2.75) is 6.42 Å². The van der Waals surface area contributed by atoms with Crippen molar-refractivity contribution in [3.05, 3.63) is 66.4 Å². The summed E-state index contributed by atoms with van der Waals surface area (Å²) in [4.78, 5) is 9.29. The first kappa shape index (κ1) is 15.9. The maximum Gasteiger partial charge on any atom is 0.141 e. The van der Waals surface area contributed by atoms with Crippen LogP contribution in [0.5, 0.6) is 5.75 Å². The van der Waals surface area contributed by atoms with Crippen LogP contribution in [0, 0.1) is 0 Å². The Morgan fingerprint density at radius 1 is 0.880 bits per heavy atom. The third kappa shape index (κ3) is 3.44. The molecule has 1 N–H and O–H groups in total. The lowest BCUT2D eigenvalue weighted by molar-refractivity contribution is 0.261. The molecule has 0 amide bonds. The van der Waals surface area contributed by atoms with Gasteiger partial charge in [-0.15, -0.1) is 0 Å². The quantitative estimate of drug-likeness (QED) is 0.795. The van der Waals surface area contributed by atoms with Gasteiger partial charge in [0.1, 0.15) is 11.3 Å². The zero-order valence-corrected chi connectivity index (χ0v) is 14.3. The van der Waals surface area contributed by atoms with Crippen molar-refractivity contribution in [2.24, 2.45) is 0 Å². The molecule has 0 unspecified atom stereocenters. The van der Waals surface area contributed by atoms with E-state index in [1.807, 2.05) is 18.2 Å². The Morgan fingerprint density at radius 2 is 1.68 bits per heavy atom. The summed E-state index contributed by atoms with van der Waals surface area (Å²) in [6.45, 7) is 5.35. The summed E-state index contributed by atoms with van der Waals surface area (Å²) in [6.07, 6.45) is 2.71. The first-order chi connectivity index (χ1) is 12.3. The summed E-state index contributed by atoms with van der Waals surface area (Å²) in [7, 11) is 0. The fourth-order valence-electron chi connectivity index (χ4n) is 3.58. The fourth-order valence-corrected chi connectivity index (χ4v) is 3.58. The number of anilines is 1. The highest BCUT2D eigenvalue weighted by molar-refractivity contribution is 5.87. The van der Waals surface area contributed by atoms with Gasteiger partial charge in [-0.3, -0.25) is 9.88 Å². The van der Waals surface area contributed by atoms with Gasteiger partial charge < -0.3 is 10.0 Å². The molecule has 3 aromatic rings. The van der Waals surface area contributed by atoms with Crippen LogP contribution < -0.4 is 4.90 Å². The highest BCUT2D eigenvalue weighted by Crippen LogP contribution is 2.26. The average Bonchev–Trinajstić information content (AvgIpc) is 2.69. The Morgan fingerprint density at radius 3 is 2.48 bits per heavy atom. The Bertz CT molecular complexity index is 842. The molecule has 4 rings (SSSR count). The molecule has 1 aliphatic rings. The number of phenols is 1. The molecule has 1 aliphatic heterocycles. The summed E-state index contributed by atoms with van der Waals surface area (Å²) >= 11 is 0. The van der Waals surface area contributed by atoms with Crippen molar-refractivity contribution in [2.75, 3.05) is 37.6 Å². The lowest BCUT2D eigenvalue weighted by atomic mass is 10.0. The summed E-state index contributed by atoms with van der Waals surface area (Å²) in [5, 5.41) is 11.0. The van der Waals surface area contributed by atoms with Crippen LogP contribution in [-0.4, -0.2) is 47.7 Å². The first-order valence-corrected chi connectivity index (χ1v) is 8.89. The smallest absolute Gasteiger partial charge is 0.141 e. The van der Waals surface area contributed by atoms with Crippen LogP contribution in [0.15, 0.2) is 60.8 Å². The number of hydrogen-bond donors (Lipinski definition) is 1. The molecule has 2 aromatic carbocycles. The Labute approximate surface area is 148 Å². The number of hydrogen-bond acceptors (Lipinski definition) is 4. The first-order valence-electron chi connectivity index (χ1n) is 8.89. The van der Waals surface area contributed by atoms with Gasteiger partial charge >= 0.3 is 0 Å². The Balaban J connectivity index is 1.38. The van der Waals surface area contributed by atoms with E-state index in [0.29, 0.717) is 5.52 Å². The third-order valence-corrected chi connectivity index (χ3v) is 5.03. The topological polar surface area (TPSA) is 39.6 Å². The van der Waals surface area contributed by atoms with Gasteiger partial charge in [0.05, 0.1) is 0 Å². The predicted octanol–water partition coefficient (Wildman–Crippen LogP) is 3.31. The molecule has 4 nitrogen and oxygen atoms in total. The van der Waals surface area contributed by atoms with Crippen LogP contribution in [-0.2, 0) is 6.42 Å². The van der Waals surface area contributed by atoms with Gasteiger partial charge in [0.2, 0.25) is 0 Å². The standard InChI is InChI=1S/C21H23N3O/c25-20-9-8-17(19-7-4-11-22-21(19)20)10-12-23-13-15-24(16-14-23)18-5-2-1-3-6-18/h1-9,11,25H,10,12-16H2. The lowest BCUT2D eigenvalue weighted by Crippen LogP contribution is -2.46. The number of aromatic hydroxyl groups is 1. The van der Waals surface area contributed by atoms with Gasteiger partial charge in [-0.1, -0.05) is 30.3 Å². The van der Waals surface area contributed by atoms with E-state index in [1.165, 1.54) is 11.3 Å².